The second-order valence-electron chi connectivity index (χ2n) is 6.00. The number of fused-ring (bicyclic) bond motifs is 3. The van der Waals surface area contributed by atoms with Crippen LogP contribution in [0.1, 0.15) is 42.7 Å². The molecule has 0 bridgehead atoms. The second kappa shape index (κ2) is 4.55. The van der Waals surface area contributed by atoms with Gasteiger partial charge in [-0.1, -0.05) is 31.0 Å². The normalized spacial score (nSPS) is 16.3. The zero-order chi connectivity index (χ0) is 14.6. The molecule has 2 aromatic carbocycles. The Kier molecular flexibility index (Phi) is 2.78. The summed E-state index contributed by atoms with van der Waals surface area (Å²) in [6.45, 7) is 1.68. The highest BCUT2D eigenvalue weighted by Crippen LogP contribution is 2.40. The van der Waals surface area contributed by atoms with Crippen LogP contribution >= 0.6 is 0 Å². The third-order valence-corrected chi connectivity index (χ3v) is 4.71. The maximum absolute atomic E-state index is 14.8. The molecule has 1 fully saturated rings. The lowest BCUT2D eigenvalue weighted by atomic mass is 9.96. The average molecular weight is 286 g/mol. The molecule has 0 atom stereocenters. The van der Waals surface area contributed by atoms with Crippen LogP contribution in [0, 0.1) is 18.6 Å². The second-order valence-corrected chi connectivity index (χ2v) is 6.00. The standard InChI is InChI=1S/C18H16F2O/c1-10-6-7-13-14-9-8-12(11-4-2-3-5-11)16(20)18(14)21-17(13)15(10)19/h6-9,11H,2-5H2,1H3. The predicted molar refractivity (Wildman–Crippen MR) is 79.6 cm³/mol. The van der Waals surface area contributed by atoms with Gasteiger partial charge < -0.3 is 4.42 Å². The number of rotatable bonds is 1. The third-order valence-electron chi connectivity index (χ3n) is 4.71. The van der Waals surface area contributed by atoms with Crippen LogP contribution < -0.4 is 0 Å². The fourth-order valence-electron chi connectivity index (χ4n) is 3.50. The Morgan fingerprint density at radius 2 is 1.52 bits per heavy atom. The molecule has 0 saturated heterocycles. The molecule has 1 saturated carbocycles. The molecule has 0 unspecified atom stereocenters. The summed E-state index contributed by atoms with van der Waals surface area (Å²) in [6.07, 6.45) is 4.35. The van der Waals surface area contributed by atoms with Crippen LogP contribution in [0.4, 0.5) is 8.78 Å². The van der Waals surface area contributed by atoms with Gasteiger partial charge in [-0.05, 0) is 42.9 Å². The molecule has 0 amide bonds. The summed E-state index contributed by atoms with van der Waals surface area (Å²) >= 11 is 0. The van der Waals surface area contributed by atoms with Crippen molar-refractivity contribution < 1.29 is 13.2 Å². The Balaban J connectivity index is 2.01. The zero-order valence-corrected chi connectivity index (χ0v) is 11.9. The maximum atomic E-state index is 14.8. The van der Waals surface area contributed by atoms with Crippen LogP contribution in [0.2, 0.25) is 0 Å². The molecule has 1 aliphatic rings. The van der Waals surface area contributed by atoms with E-state index in [4.69, 9.17) is 4.42 Å². The van der Waals surface area contributed by atoms with E-state index in [0.29, 0.717) is 16.3 Å². The summed E-state index contributed by atoms with van der Waals surface area (Å²) in [5, 5.41) is 1.30. The Morgan fingerprint density at radius 3 is 2.24 bits per heavy atom. The van der Waals surface area contributed by atoms with Gasteiger partial charge in [0.15, 0.2) is 22.8 Å². The summed E-state index contributed by atoms with van der Waals surface area (Å²) in [7, 11) is 0. The maximum Gasteiger partial charge on any atom is 0.171 e. The largest absolute Gasteiger partial charge is 0.450 e. The first-order valence-corrected chi connectivity index (χ1v) is 7.46. The summed E-state index contributed by atoms with van der Waals surface area (Å²) in [5.74, 6) is -0.438. The van der Waals surface area contributed by atoms with Gasteiger partial charge in [-0.25, -0.2) is 8.78 Å². The molecule has 3 aromatic rings. The number of hydrogen-bond acceptors (Lipinski definition) is 1. The average Bonchev–Trinajstić information content (AvgIpc) is 3.11. The number of benzene rings is 2. The van der Waals surface area contributed by atoms with Crippen molar-refractivity contribution in [3.05, 3.63) is 47.0 Å². The minimum atomic E-state index is -0.398. The fraction of sp³-hybridized carbons (Fsp3) is 0.333. The molecule has 4 rings (SSSR count). The lowest BCUT2D eigenvalue weighted by molar-refractivity contribution is 0.539. The lowest BCUT2D eigenvalue weighted by Gasteiger charge is -2.10. The molecular weight excluding hydrogens is 270 g/mol. The number of aryl methyl sites for hydroxylation is 1. The summed E-state index contributed by atoms with van der Waals surface area (Å²) in [6, 6.07) is 7.22. The number of halogens is 2. The molecule has 0 radical (unpaired) electrons. The van der Waals surface area contributed by atoms with Crippen LogP contribution in [0.15, 0.2) is 28.7 Å². The lowest BCUT2D eigenvalue weighted by Crippen LogP contribution is -1.96. The molecule has 3 heteroatoms. The molecular formula is C18H16F2O. The molecule has 1 nitrogen and oxygen atoms in total. The quantitative estimate of drug-likeness (QED) is 0.548. The van der Waals surface area contributed by atoms with Gasteiger partial charge >= 0.3 is 0 Å². The third kappa shape index (κ3) is 1.80. The van der Waals surface area contributed by atoms with Crippen LogP contribution in [0.5, 0.6) is 0 Å². The van der Waals surface area contributed by atoms with E-state index in [1.165, 1.54) is 0 Å². The highest BCUT2D eigenvalue weighted by molar-refractivity contribution is 6.05. The van der Waals surface area contributed by atoms with Crippen molar-refractivity contribution in [2.24, 2.45) is 0 Å². The first-order valence-electron chi connectivity index (χ1n) is 7.46. The van der Waals surface area contributed by atoms with Gasteiger partial charge in [0, 0.05) is 10.8 Å². The minimum Gasteiger partial charge on any atom is -0.450 e. The molecule has 108 valence electrons. The van der Waals surface area contributed by atoms with Crippen LogP contribution in [0.3, 0.4) is 0 Å². The molecule has 21 heavy (non-hydrogen) atoms. The van der Waals surface area contributed by atoms with E-state index in [1.54, 1.807) is 19.1 Å². The summed E-state index contributed by atoms with van der Waals surface area (Å²) < 4.78 is 34.5. The number of hydrogen-bond donors (Lipinski definition) is 0. The van der Waals surface area contributed by atoms with Crippen LogP contribution in [0.25, 0.3) is 21.9 Å². The Morgan fingerprint density at radius 1 is 0.905 bits per heavy atom. The van der Waals surface area contributed by atoms with E-state index in [2.05, 4.69) is 0 Å². The van der Waals surface area contributed by atoms with Crippen molar-refractivity contribution in [1.82, 2.24) is 0 Å². The Labute approximate surface area is 121 Å². The van der Waals surface area contributed by atoms with Gasteiger partial charge in [0.25, 0.3) is 0 Å². The van der Waals surface area contributed by atoms with Crippen molar-refractivity contribution in [2.45, 2.75) is 38.5 Å². The fourth-order valence-corrected chi connectivity index (χ4v) is 3.50. The molecule has 1 aliphatic carbocycles. The van der Waals surface area contributed by atoms with Crippen LogP contribution in [-0.4, -0.2) is 0 Å². The van der Waals surface area contributed by atoms with Crippen LogP contribution in [-0.2, 0) is 0 Å². The van der Waals surface area contributed by atoms with E-state index >= 15 is 0 Å². The van der Waals surface area contributed by atoms with Crippen molar-refractivity contribution in [2.75, 3.05) is 0 Å². The highest BCUT2D eigenvalue weighted by Gasteiger charge is 2.24. The molecule has 1 aromatic heterocycles. The first kappa shape index (κ1) is 12.8. The minimum absolute atomic E-state index is 0.160. The van der Waals surface area contributed by atoms with Crippen molar-refractivity contribution in [3.8, 4) is 0 Å². The van der Waals surface area contributed by atoms with E-state index in [9.17, 15) is 8.78 Å². The number of furan rings is 1. The van der Waals surface area contributed by atoms with Gasteiger partial charge in [0.05, 0.1) is 0 Å². The van der Waals surface area contributed by atoms with E-state index in [1.807, 2.05) is 12.1 Å². The predicted octanol–water partition coefficient (Wildman–Crippen LogP) is 5.83. The van der Waals surface area contributed by atoms with Gasteiger partial charge in [-0.3, -0.25) is 0 Å². The Bertz CT molecular complexity index is 841. The molecule has 1 heterocycles. The van der Waals surface area contributed by atoms with Crippen molar-refractivity contribution in [1.29, 1.82) is 0 Å². The van der Waals surface area contributed by atoms with Gasteiger partial charge in [-0.2, -0.15) is 0 Å². The van der Waals surface area contributed by atoms with E-state index in [0.717, 1.165) is 31.2 Å². The SMILES string of the molecule is Cc1ccc2c(oc3c(F)c(C4CCCC4)ccc32)c1F. The molecule has 0 spiro atoms. The summed E-state index contributed by atoms with van der Waals surface area (Å²) in [4.78, 5) is 0. The van der Waals surface area contributed by atoms with E-state index < -0.39 is 5.82 Å². The van der Waals surface area contributed by atoms with Gasteiger partial charge in [-0.15, -0.1) is 0 Å². The molecule has 0 aliphatic heterocycles. The van der Waals surface area contributed by atoms with Gasteiger partial charge in [0.2, 0.25) is 0 Å². The molecule has 0 N–H and O–H groups in total. The monoisotopic (exact) mass is 286 g/mol. The summed E-state index contributed by atoms with van der Waals surface area (Å²) in [5.41, 5.74) is 1.58. The van der Waals surface area contributed by atoms with Gasteiger partial charge in [0.1, 0.15) is 0 Å². The zero-order valence-electron chi connectivity index (χ0n) is 11.9. The van der Waals surface area contributed by atoms with Crippen molar-refractivity contribution in [3.63, 3.8) is 0 Å². The van der Waals surface area contributed by atoms with Crippen molar-refractivity contribution >= 4 is 21.9 Å². The Hall–Kier alpha value is -1.90. The topological polar surface area (TPSA) is 13.1 Å². The first-order chi connectivity index (χ1) is 10.2. The van der Waals surface area contributed by atoms with E-state index in [-0.39, 0.29) is 22.9 Å². The highest BCUT2D eigenvalue weighted by atomic mass is 19.1. The smallest absolute Gasteiger partial charge is 0.171 e.